The Morgan fingerprint density at radius 1 is 1.22 bits per heavy atom. The fourth-order valence-electron chi connectivity index (χ4n) is 2.25. The molecular weight excluding hydrogens is 431 g/mol. The Kier molecular flexibility index (Phi) is 5.13. The molecule has 0 bridgehead atoms. The third kappa shape index (κ3) is 4.42. The van der Waals surface area contributed by atoms with E-state index in [9.17, 15) is 22.8 Å². The van der Waals surface area contributed by atoms with Crippen LogP contribution in [0, 0.1) is 0 Å². The molecule has 0 aliphatic heterocycles. The number of amides is 1. The number of halogens is 4. The van der Waals surface area contributed by atoms with E-state index < -0.39 is 29.8 Å². The zero-order chi connectivity index (χ0) is 19.6. The number of aromatic amines is 1. The molecule has 0 saturated carbocycles. The van der Waals surface area contributed by atoms with Crippen LogP contribution in [0.5, 0.6) is 0 Å². The summed E-state index contributed by atoms with van der Waals surface area (Å²) >= 11 is 3.31. The molecule has 11 heteroatoms. The van der Waals surface area contributed by atoms with Gasteiger partial charge in [-0.15, -0.1) is 5.10 Å². The molecule has 140 valence electrons. The van der Waals surface area contributed by atoms with Crippen LogP contribution in [0.2, 0.25) is 0 Å². The summed E-state index contributed by atoms with van der Waals surface area (Å²) in [5.74, 6) is -0.398. The Balaban J connectivity index is 1.72. The van der Waals surface area contributed by atoms with Gasteiger partial charge in [0.1, 0.15) is 12.1 Å². The molecule has 1 aromatic carbocycles. The third-order valence-electron chi connectivity index (χ3n) is 3.49. The van der Waals surface area contributed by atoms with Crippen molar-refractivity contribution in [2.75, 3.05) is 5.32 Å². The van der Waals surface area contributed by atoms with Crippen molar-refractivity contribution in [1.29, 1.82) is 0 Å². The zero-order valence-electron chi connectivity index (χ0n) is 13.4. The smallest absolute Gasteiger partial charge is 0.306 e. The topological polar surface area (TPSA) is 92.7 Å². The molecule has 2 heterocycles. The molecule has 2 aromatic heterocycles. The summed E-state index contributed by atoms with van der Waals surface area (Å²) in [6.07, 6.45) is -3.69. The quantitative estimate of drug-likeness (QED) is 0.650. The molecule has 0 aliphatic rings. The molecule has 7 nitrogen and oxygen atoms in total. The molecule has 0 unspecified atom stereocenters. The molecule has 0 atom stereocenters. The fraction of sp³-hybridized carbons (Fsp3) is 0.125. The summed E-state index contributed by atoms with van der Waals surface area (Å²) in [7, 11) is 0. The third-order valence-corrected chi connectivity index (χ3v) is 4.02. The molecule has 0 fully saturated rings. The van der Waals surface area contributed by atoms with Gasteiger partial charge in [-0.25, -0.2) is 0 Å². The molecule has 3 aromatic rings. The van der Waals surface area contributed by atoms with E-state index in [1.165, 1.54) is 0 Å². The second kappa shape index (κ2) is 7.35. The van der Waals surface area contributed by atoms with Crippen molar-refractivity contribution in [2.45, 2.75) is 12.7 Å². The van der Waals surface area contributed by atoms with E-state index in [2.05, 4.69) is 36.4 Å². The summed E-state index contributed by atoms with van der Waals surface area (Å²) in [5.41, 5.74) is -1.92. The number of H-pyrrole nitrogens is 1. The van der Waals surface area contributed by atoms with Crippen LogP contribution in [-0.2, 0) is 17.5 Å². The second-order valence-corrected chi connectivity index (χ2v) is 6.33. The first kappa shape index (κ1) is 18.8. The van der Waals surface area contributed by atoms with Gasteiger partial charge in [0.2, 0.25) is 11.9 Å². The zero-order valence-corrected chi connectivity index (χ0v) is 15.0. The van der Waals surface area contributed by atoms with Gasteiger partial charge in [-0.05, 0) is 24.3 Å². The predicted octanol–water partition coefficient (Wildman–Crippen LogP) is 3.05. The van der Waals surface area contributed by atoms with Gasteiger partial charge in [-0.2, -0.15) is 18.2 Å². The maximum Gasteiger partial charge on any atom is 0.421 e. The number of pyridine rings is 1. The second-order valence-electron chi connectivity index (χ2n) is 5.42. The van der Waals surface area contributed by atoms with Crippen LogP contribution in [-0.4, -0.2) is 25.7 Å². The van der Waals surface area contributed by atoms with Gasteiger partial charge >= 0.3 is 6.18 Å². The minimum absolute atomic E-state index is 0.0575. The number of hydrogen-bond acceptors (Lipinski definition) is 4. The van der Waals surface area contributed by atoms with E-state index in [1.807, 2.05) is 0 Å². The SMILES string of the molecule is O=C(Cn1cccc(C(F)(F)F)c1=O)Nc1n[nH]c(-c2ccc(Br)cc2)n1. The van der Waals surface area contributed by atoms with E-state index in [1.54, 1.807) is 24.3 Å². The summed E-state index contributed by atoms with van der Waals surface area (Å²) in [6, 6.07) is 8.87. The molecule has 2 N–H and O–H groups in total. The van der Waals surface area contributed by atoms with Crippen molar-refractivity contribution in [1.82, 2.24) is 19.7 Å². The van der Waals surface area contributed by atoms with Gasteiger partial charge in [0.25, 0.3) is 5.56 Å². The van der Waals surface area contributed by atoms with Crippen LogP contribution in [0.3, 0.4) is 0 Å². The van der Waals surface area contributed by atoms with E-state index in [4.69, 9.17) is 0 Å². The van der Waals surface area contributed by atoms with E-state index >= 15 is 0 Å². The van der Waals surface area contributed by atoms with Crippen molar-refractivity contribution in [3.05, 3.63) is 63.0 Å². The van der Waals surface area contributed by atoms with Crippen molar-refractivity contribution < 1.29 is 18.0 Å². The van der Waals surface area contributed by atoms with E-state index in [0.29, 0.717) is 16.5 Å². The number of alkyl halides is 3. The maximum absolute atomic E-state index is 12.8. The normalized spacial score (nSPS) is 11.4. The first-order valence-electron chi connectivity index (χ1n) is 7.49. The van der Waals surface area contributed by atoms with E-state index in [0.717, 1.165) is 22.3 Å². The molecule has 0 aliphatic carbocycles. The molecule has 3 rings (SSSR count). The van der Waals surface area contributed by atoms with Crippen LogP contribution in [0.15, 0.2) is 51.9 Å². The Hall–Kier alpha value is -2.95. The minimum atomic E-state index is -4.79. The lowest BCUT2D eigenvalue weighted by Crippen LogP contribution is -2.32. The Morgan fingerprint density at radius 3 is 2.59 bits per heavy atom. The Morgan fingerprint density at radius 2 is 1.93 bits per heavy atom. The lowest BCUT2D eigenvalue weighted by Gasteiger charge is -2.09. The lowest BCUT2D eigenvalue weighted by atomic mass is 10.2. The standard InChI is InChI=1S/C16H11BrF3N5O2/c17-10-5-3-9(4-6-10)13-22-15(24-23-13)21-12(26)8-25-7-1-2-11(14(25)27)16(18,19)20/h1-7H,8H2,(H2,21,22,23,24,26). The number of nitrogens with one attached hydrogen (secondary N) is 2. The number of benzene rings is 1. The monoisotopic (exact) mass is 441 g/mol. The average molecular weight is 442 g/mol. The number of carbonyl (C=O) groups is 1. The first-order chi connectivity index (χ1) is 12.7. The molecule has 0 radical (unpaired) electrons. The van der Waals surface area contributed by atoms with Gasteiger partial charge in [0.15, 0.2) is 5.82 Å². The number of rotatable bonds is 4. The van der Waals surface area contributed by atoms with Gasteiger partial charge in [-0.3, -0.25) is 20.0 Å². The number of anilines is 1. The highest BCUT2D eigenvalue weighted by atomic mass is 79.9. The van der Waals surface area contributed by atoms with E-state index in [-0.39, 0.29) is 5.95 Å². The number of nitrogens with zero attached hydrogens (tertiary/aromatic N) is 3. The largest absolute Gasteiger partial charge is 0.421 e. The molecule has 1 amide bonds. The highest BCUT2D eigenvalue weighted by molar-refractivity contribution is 9.10. The Bertz CT molecular complexity index is 1030. The summed E-state index contributed by atoms with van der Waals surface area (Å²) in [4.78, 5) is 28.0. The van der Waals surface area contributed by atoms with Crippen LogP contribution in [0.1, 0.15) is 5.56 Å². The lowest BCUT2D eigenvalue weighted by molar-refractivity contribution is -0.139. The van der Waals surface area contributed by atoms with Crippen LogP contribution >= 0.6 is 15.9 Å². The number of hydrogen-bond donors (Lipinski definition) is 2. The highest BCUT2D eigenvalue weighted by Crippen LogP contribution is 2.26. The molecule has 0 spiro atoms. The van der Waals surface area contributed by atoms with Crippen LogP contribution in [0.25, 0.3) is 11.4 Å². The first-order valence-corrected chi connectivity index (χ1v) is 8.28. The fourth-order valence-corrected chi connectivity index (χ4v) is 2.51. The molecule has 0 saturated heterocycles. The summed E-state index contributed by atoms with van der Waals surface area (Å²) in [5, 5.41) is 8.81. The Labute approximate surface area is 158 Å². The predicted molar refractivity (Wildman–Crippen MR) is 93.9 cm³/mol. The van der Waals surface area contributed by atoms with Gasteiger partial charge < -0.3 is 4.57 Å². The van der Waals surface area contributed by atoms with Crippen LogP contribution < -0.4 is 10.9 Å². The summed E-state index contributed by atoms with van der Waals surface area (Å²) < 4.78 is 39.8. The van der Waals surface area contributed by atoms with Gasteiger partial charge in [0.05, 0.1) is 0 Å². The van der Waals surface area contributed by atoms with Crippen molar-refractivity contribution >= 4 is 27.8 Å². The molecular formula is C16H11BrF3N5O2. The summed E-state index contributed by atoms with van der Waals surface area (Å²) in [6.45, 7) is -0.606. The van der Waals surface area contributed by atoms with Crippen molar-refractivity contribution in [3.63, 3.8) is 0 Å². The maximum atomic E-state index is 12.8. The van der Waals surface area contributed by atoms with Gasteiger partial charge in [-0.1, -0.05) is 28.1 Å². The number of aromatic nitrogens is 4. The minimum Gasteiger partial charge on any atom is -0.306 e. The van der Waals surface area contributed by atoms with Crippen molar-refractivity contribution in [2.24, 2.45) is 0 Å². The van der Waals surface area contributed by atoms with Gasteiger partial charge in [0, 0.05) is 16.2 Å². The highest BCUT2D eigenvalue weighted by Gasteiger charge is 2.34. The van der Waals surface area contributed by atoms with Crippen LogP contribution in [0.4, 0.5) is 19.1 Å². The molecule has 27 heavy (non-hydrogen) atoms. The number of carbonyl (C=O) groups excluding carboxylic acids is 1. The average Bonchev–Trinajstić information content (AvgIpc) is 3.04. The van der Waals surface area contributed by atoms with Crippen molar-refractivity contribution in [3.8, 4) is 11.4 Å².